The number of nitrogen functional groups attached to an aromatic ring is 1. The lowest BCUT2D eigenvalue weighted by Gasteiger charge is -2.34. The van der Waals surface area contributed by atoms with Crippen molar-refractivity contribution in [3.05, 3.63) is 22.2 Å². The Morgan fingerprint density at radius 2 is 2.32 bits per heavy atom. The number of piperidine rings is 1. The third kappa shape index (κ3) is 3.26. The van der Waals surface area contributed by atoms with Gasteiger partial charge in [-0.15, -0.1) is 0 Å². The summed E-state index contributed by atoms with van der Waals surface area (Å²) in [5.74, 6) is 0.542. The number of nitrogens with zero attached hydrogens (tertiary/aromatic N) is 4. The highest BCUT2D eigenvalue weighted by molar-refractivity contribution is 5.79. The summed E-state index contributed by atoms with van der Waals surface area (Å²) in [6.07, 6.45) is 1.73. The Balaban J connectivity index is 2.14. The van der Waals surface area contributed by atoms with E-state index in [4.69, 9.17) is 5.73 Å². The fraction of sp³-hybridized carbons (Fsp3) is 0.571. The zero-order chi connectivity index (χ0) is 16.3. The van der Waals surface area contributed by atoms with Crippen LogP contribution in [-0.4, -0.2) is 47.4 Å². The van der Waals surface area contributed by atoms with Gasteiger partial charge in [-0.3, -0.25) is 14.9 Å². The average molecular weight is 307 g/mol. The molecule has 1 saturated heterocycles. The van der Waals surface area contributed by atoms with Crippen LogP contribution in [0.3, 0.4) is 0 Å². The van der Waals surface area contributed by atoms with Crippen molar-refractivity contribution in [2.75, 3.05) is 37.3 Å². The van der Waals surface area contributed by atoms with Crippen molar-refractivity contribution >= 4 is 23.2 Å². The first kappa shape index (κ1) is 16.0. The number of aromatic nitrogens is 1. The molecule has 1 unspecified atom stereocenters. The summed E-state index contributed by atoms with van der Waals surface area (Å²) in [6, 6.07) is 2.95. The monoisotopic (exact) mass is 307 g/mol. The van der Waals surface area contributed by atoms with Crippen LogP contribution in [0.5, 0.6) is 0 Å². The average Bonchev–Trinajstić information content (AvgIpc) is 2.53. The quantitative estimate of drug-likeness (QED) is 0.663. The Labute approximate surface area is 129 Å². The molecule has 0 radical (unpaired) electrons. The Morgan fingerprint density at radius 3 is 2.91 bits per heavy atom. The molecule has 1 amide bonds. The van der Waals surface area contributed by atoms with Crippen molar-refractivity contribution in [3.63, 3.8) is 0 Å². The van der Waals surface area contributed by atoms with Gasteiger partial charge in [0, 0.05) is 32.7 Å². The number of rotatable bonds is 4. The molecule has 1 fully saturated rings. The summed E-state index contributed by atoms with van der Waals surface area (Å²) in [5, 5.41) is 10.8. The summed E-state index contributed by atoms with van der Waals surface area (Å²) in [4.78, 5) is 30.3. The second-order valence-corrected chi connectivity index (χ2v) is 5.47. The molecule has 0 aliphatic carbocycles. The summed E-state index contributed by atoms with van der Waals surface area (Å²) in [7, 11) is 1.80. The van der Waals surface area contributed by atoms with E-state index in [1.54, 1.807) is 18.0 Å². The molecule has 0 saturated carbocycles. The Morgan fingerprint density at radius 1 is 1.59 bits per heavy atom. The Kier molecular flexibility index (Phi) is 4.79. The molecule has 1 aliphatic heterocycles. The molecule has 2 rings (SSSR count). The summed E-state index contributed by atoms with van der Waals surface area (Å²) in [5.41, 5.74) is 5.44. The van der Waals surface area contributed by atoms with E-state index in [2.05, 4.69) is 4.98 Å². The van der Waals surface area contributed by atoms with Crippen LogP contribution in [0.2, 0.25) is 0 Å². The van der Waals surface area contributed by atoms with Gasteiger partial charge in [0.2, 0.25) is 11.7 Å². The highest BCUT2D eigenvalue weighted by Gasteiger charge is 2.28. The van der Waals surface area contributed by atoms with Gasteiger partial charge in [0.1, 0.15) is 5.82 Å². The topological polar surface area (TPSA) is 106 Å². The summed E-state index contributed by atoms with van der Waals surface area (Å²) >= 11 is 0. The minimum atomic E-state index is -0.551. The molecule has 1 aliphatic rings. The highest BCUT2D eigenvalue weighted by Crippen LogP contribution is 2.27. The van der Waals surface area contributed by atoms with Gasteiger partial charge in [0.25, 0.3) is 0 Å². The number of pyridine rings is 1. The maximum Gasteiger partial charge on any atom is 0.311 e. The van der Waals surface area contributed by atoms with Crippen LogP contribution >= 0.6 is 0 Å². The van der Waals surface area contributed by atoms with Gasteiger partial charge >= 0.3 is 5.69 Å². The number of amides is 1. The number of nitro groups is 1. The highest BCUT2D eigenvalue weighted by atomic mass is 16.6. The maximum atomic E-state index is 12.3. The van der Waals surface area contributed by atoms with Crippen molar-refractivity contribution < 1.29 is 9.72 Å². The number of nitrogens with two attached hydrogens (primary N) is 1. The van der Waals surface area contributed by atoms with E-state index in [0.717, 1.165) is 19.4 Å². The van der Waals surface area contributed by atoms with Gasteiger partial charge in [-0.05, 0) is 25.8 Å². The van der Waals surface area contributed by atoms with Crippen molar-refractivity contribution in [2.24, 2.45) is 5.92 Å². The van der Waals surface area contributed by atoms with E-state index in [-0.39, 0.29) is 23.3 Å². The molecule has 2 N–H and O–H groups in total. The van der Waals surface area contributed by atoms with E-state index in [9.17, 15) is 14.9 Å². The summed E-state index contributed by atoms with van der Waals surface area (Å²) in [6.45, 7) is 3.95. The number of carbonyl (C=O) groups excluding carboxylic acids is 1. The Bertz CT molecular complexity index is 578. The van der Waals surface area contributed by atoms with E-state index >= 15 is 0 Å². The summed E-state index contributed by atoms with van der Waals surface area (Å²) < 4.78 is 0. The molecule has 0 bridgehead atoms. The molecule has 120 valence electrons. The van der Waals surface area contributed by atoms with Gasteiger partial charge in [0.15, 0.2) is 0 Å². The molecule has 0 spiro atoms. The standard InChI is InChI=1S/C14H21N5O3/c1-3-17(2)14(20)10-5-4-8-18(9-10)12-7-6-11(19(21)22)13(15)16-12/h6-7,10H,3-5,8-9H2,1-2H3,(H2,15,16). The molecule has 22 heavy (non-hydrogen) atoms. The third-order valence-corrected chi connectivity index (χ3v) is 4.03. The smallest absolute Gasteiger partial charge is 0.311 e. The predicted octanol–water partition coefficient (Wildman–Crippen LogP) is 1.27. The fourth-order valence-electron chi connectivity index (χ4n) is 2.64. The van der Waals surface area contributed by atoms with E-state index < -0.39 is 4.92 Å². The molecule has 8 nitrogen and oxygen atoms in total. The van der Waals surface area contributed by atoms with Gasteiger partial charge < -0.3 is 15.5 Å². The van der Waals surface area contributed by atoms with Crippen LogP contribution in [0.15, 0.2) is 12.1 Å². The normalized spacial score (nSPS) is 18.1. The lowest BCUT2D eigenvalue weighted by Crippen LogP contribution is -2.44. The van der Waals surface area contributed by atoms with Crippen molar-refractivity contribution in [3.8, 4) is 0 Å². The SMILES string of the molecule is CCN(C)C(=O)C1CCCN(c2ccc([N+](=O)[O-])c(N)n2)C1. The van der Waals surface area contributed by atoms with E-state index in [1.165, 1.54) is 6.07 Å². The minimum Gasteiger partial charge on any atom is -0.378 e. The molecule has 2 heterocycles. The molecular weight excluding hydrogens is 286 g/mol. The number of carbonyl (C=O) groups is 1. The molecule has 1 aromatic rings. The second-order valence-electron chi connectivity index (χ2n) is 5.47. The zero-order valence-electron chi connectivity index (χ0n) is 12.9. The van der Waals surface area contributed by atoms with Crippen LogP contribution in [0.4, 0.5) is 17.3 Å². The lowest BCUT2D eigenvalue weighted by molar-refractivity contribution is -0.384. The van der Waals surface area contributed by atoms with Crippen LogP contribution in [0.1, 0.15) is 19.8 Å². The van der Waals surface area contributed by atoms with Crippen LogP contribution in [0.25, 0.3) is 0 Å². The van der Waals surface area contributed by atoms with Crippen molar-refractivity contribution in [1.82, 2.24) is 9.88 Å². The first-order chi connectivity index (χ1) is 10.4. The molecule has 1 atom stereocenters. The van der Waals surface area contributed by atoms with Gasteiger partial charge in [0.05, 0.1) is 10.8 Å². The van der Waals surface area contributed by atoms with Gasteiger partial charge in [-0.2, -0.15) is 0 Å². The molecular formula is C14H21N5O3. The Hall–Kier alpha value is -2.38. The van der Waals surface area contributed by atoms with Crippen LogP contribution in [0, 0.1) is 16.0 Å². The van der Waals surface area contributed by atoms with Gasteiger partial charge in [-0.1, -0.05) is 0 Å². The van der Waals surface area contributed by atoms with Gasteiger partial charge in [-0.25, -0.2) is 4.98 Å². The number of hydrogen-bond acceptors (Lipinski definition) is 6. The van der Waals surface area contributed by atoms with Crippen LogP contribution < -0.4 is 10.6 Å². The molecule has 0 aromatic carbocycles. The second kappa shape index (κ2) is 6.59. The number of hydrogen-bond donors (Lipinski definition) is 1. The molecule has 1 aromatic heterocycles. The molecule has 8 heteroatoms. The largest absolute Gasteiger partial charge is 0.378 e. The van der Waals surface area contributed by atoms with Crippen molar-refractivity contribution in [1.29, 1.82) is 0 Å². The van der Waals surface area contributed by atoms with E-state index in [0.29, 0.717) is 18.9 Å². The van der Waals surface area contributed by atoms with Crippen molar-refractivity contribution in [2.45, 2.75) is 19.8 Å². The first-order valence-electron chi connectivity index (χ1n) is 7.34. The minimum absolute atomic E-state index is 0.0723. The first-order valence-corrected chi connectivity index (χ1v) is 7.34. The predicted molar refractivity (Wildman–Crippen MR) is 83.6 cm³/mol. The van der Waals surface area contributed by atoms with E-state index in [1.807, 2.05) is 11.8 Å². The zero-order valence-corrected chi connectivity index (χ0v) is 12.9. The lowest BCUT2D eigenvalue weighted by atomic mass is 9.96. The van der Waals surface area contributed by atoms with Crippen LogP contribution in [-0.2, 0) is 4.79 Å². The maximum absolute atomic E-state index is 12.3. The fourth-order valence-corrected chi connectivity index (χ4v) is 2.64. The third-order valence-electron chi connectivity index (χ3n) is 4.03. The number of anilines is 2.